The minimum atomic E-state index is -3.65. The zero-order chi connectivity index (χ0) is 14.9. The lowest BCUT2D eigenvalue weighted by Crippen LogP contribution is -2.14. The van der Waals surface area contributed by atoms with Crippen molar-refractivity contribution in [3.8, 4) is 0 Å². The summed E-state index contributed by atoms with van der Waals surface area (Å²) in [6.07, 6.45) is 0. The van der Waals surface area contributed by atoms with Crippen molar-refractivity contribution in [3.63, 3.8) is 0 Å². The molecule has 0 bridgehead atoms. The zero-order valence-electron chi connectivity index (χ0n) is 11.1. The average molecular weight is 311 g/mol. The number of benzene rings is 2. The van der Waals surface area contributed by atoms with E-state index >= 15 is 0 Å². The molecular weight excluding hydrogens is 296 g/mol. The first-order valence-electron chi connectivity index (χ1n) is 5.95. The molecule has 2 rings (SSSR count). The summed E-state index contributed by atoms with van der Waals surface area (Å²) in [4.78, 5) is 0.198. The quantitative estimate of drug-likeness (QED) is 0.854. The van der Waals surface area contributed by atoms with Crippen molar-refractivity contribution < 1.29 is 8.42 Å². The molecule has 106 valence electrons. The van der Waals surface area contributed by atoms with Crippen molar-refractivity contribution >= 4 is 33.0 Å². The second kappa shape index (κ2) is 5.34. The van der Waals surface area contributed by atoms with E-state index in [9.17, 15) is 8.42 Å². The van der Waals surface area contributed by atoms with Crippen LogP contribution in [0, 0.1) is 13.8 Å². The van der Waals surface area contributed by atoms with E-state index in [-0.39, 0.29) is 4.90 Å². The van der Waals surface area contributed by atoms with E-state index in [0.29, 0.717) is 22.0 Å². The number of halogens is 1. The van der Waals surface area contributed by atoms with Crippen LogP contribution in [-0.2, 0) is 10.0 Å². The number of hydrogen-bond acceptors (Lipinski definition) is 3. The maximum absolute atomic E-state index is 12.3. The summed E-state index contributed by atoms with van der Waals surface area (Å²) in [5.74, 6) is 0. The second-order valence-corrected chi connectivity index (χ2v) is 6.65. The van der Waals surface area contributed by atoms with Gasteiger partial charge in [0.2, 0.25) is 0 Å². The fourth-order valence-corrected chi connectivity index (χ4v) is 3.30. The maximum atomic E-state index is 12.3. The molecule has 0 aromatic heterocycles. The fourth-order valence-electron chi connectivity index (χ4n) is 1.84. The molecule has 3 N–H and O–H groups in total. The topological polar surface area (TPSA) is 72.2 Å². The SMILES string of the molecule is Cc1ccc(NS(=O)(=O)c2ccc(N)cc2C)cc1Cl. The van der Waals surface area contributed by atoms with E-state index in [1.807, 2.05) is 6.92 Å². The van der Waals surface area contributed by atoms with Gasteiger partial charge in [0.05, 0.1) is 10.6 Å². The zero-order valence-corrected chi connectivity index (χ0v) is 12.7. The van der Waals surface area contributed by atoms with Crippen molar-refractivity contribution in [1.82, 2.24) is 0 Å². The highest BCUT2D eigenvalue weighted by Crippen LogP contribution is 2.24. The van der Waals surface area contributed by atoms with Crippen molar-refractivity contribution in [1.29, 1.82) is 0 Å². The van der Waals surface area contributed by atoms with Crippen LogP contribution >= 0.6 is 11.6 Å². The van der Waals surface area contributed by atoms with Gasteiger partial charge in [-0.25, -0.2) is 8.42 Å². The van der Waals surface area contributed by atoms with Crippen LogP contribution in [0.5, 0.6) is 0 Å². The van der Waals surface area contributed by atoms with Crippen LogP contribution < -0.4 is 10.5 Å². The lowest BCUT2D eigenvalue weighted by Gasteiger charge is -2.11. The van der Waals surface area contributed by atoms with Gasteiger partial charge in [-0.15, -0.1) is 0 Å². The number of rotatable bonds is 3. The Morgan fingerprint density at radius 2 is 1.75 bits per heavy atom. The number of nitrogens with one attached hydrogen (secondary N) is 1. The average Bonchev–Trinajstić information content (AvgIpc) is 2.33. The first-order chi connectivity index (χ1) is 9.29. The third-order valence-electron chi connectivity index (χ3n) is 2.91. The molecule has 0 aliphatic rings. The summed E-state index contributed by atoms with van der Waals surface area (Å²) in [6.45, 7) is 3.55. The van der Waals surface area contributed by atoms with E-state index in [4.69, 9.17) is 17.3 Å². The minimum Gasteiger partial charge on any atom is -0.399 e. The van der Waals surface area contributed by atoms with E-state index in [2.05, 4.69) is 4.72 Å². The largest absolute Gasteiger partial charge is 0.399 e. The Bertz CT molecular complexity index is 758. The highest BCUT2D eigenvalue weighted by molar-refractivity contribution is 7.92. The fraction of sp³-hybridized carbons (Fsp3) is 0.143. The van der Waals surface area contributed by atoms with E-state index in [0.717, 1.165) is 5.56 Å². The molecule has 0 radical (unpaired) electrons. The molecule has 0 saturated heterocycles. The molecule has 6 heteroatoms. The third kappa shape index (κ3) is 3.05. The van der Waals surface area contributed by atoms with Crippen molar-refractivity contribution in [2.24, 2.45) is 0 Å². The lowest BCUT2D eigenvalue weighted by atomic mass is 10.2. The number of nitrogen functional groups attached to an aromatic ring is 1. The molecular formula is C14H15ClN2O2S. The summed E-state index contributed by atoms with van der Waals surface area (Å²) in [7, 11) is -3.65. The molecule has 20 heavy (non-hydrogen) atoms. The van der Waals surface area contributed by atoms with Crippen LogP contribution in [0.2, 0.25) is 5.02 Å². The monoisotopic (exact) mass is 310 g/mol. The molecule has 0 spiro atoms. The number of sulfonamides is 1. The van der Waals surface area contributed by atoms with Gasteiger partial charge in [-0.05, 0) is 55.3 Å². The molecule has 0 atom stereocenters. The van der Waals surface area contributed by atoms with Gasteiger partial charge in [0, 0.05) is 10.7 Å². The second-order valence-electron chi connectivity index (χ2n) is 4.59. The van der Waals surface area contributed by atoms with Crippen LogP contribution in [0.25, 0.3) is 0 Å². The van der Waals surface area contributed by atoms with Crippen molar-refractivity contribution in [2.45, 2.75) is 18.7 Å². The number of hydrogen-bond donors (Lipinski definition) is 2. The first-order valence-corrected chi connectivity index (χ1v) is 7.81. The molecule has 0 unspecified atom stereocenters. The van der Waals surface area contributed by atoms with Gasteiger partial charge in [0.25, 0.3) is 10.0 Å². The van der Waals surface area contributed by atoms with Crippen LogP contribution in [0.4, 0.5) is 11.4 Å². The highest BCUT2D eigenvalue weighted by atomic mass is 35.5. The van der Waals surface area contributed by atoms with Crippen LogP contribution in [0.15, 0.2) is 41.3 Å². The summed E-state index contributed by atoms with van der Waals surface area (Å²) in [5.41, 5.74) is 8.06. The molecule has 0 fully saturated rings. The van der Waals surface area contributed by atoms with E-state index in [1.54, 1.807) is 37.3 Å². The molecule has 0 amide bonds. The van der Waals surface area contributed by atoms with Crippen molar-refractivity contribution in [3.05, 3.63) is 52.5 Å². The molecule has 2 aromatic rings. The molecule has 0 heterocycles. The predicted molar refractivity (Wildman–Crippen MR) is 82.6 cm³/mol. The van der Waals surface area contributed by atoms with Gasteiger partial charge in [-0.1, -0.05) is 17.7 Å². The number of nitrogens with two attached hydrogens (primary N) is 1. The standard InChI is InChI=1S/C14H15ClN2O2S/c1-9-3-5-12(8-13(9)15)17-20(18,19)14-6-4-11(16)7-10(14)2/h3-8,17H,16H2,1-2H3. The van der Waals surface area contributed by atoms with Gasteiger partial charge in [-0.2, -0.15) is 0 Å². The third-order valence-corrected chi connectivity index (χ3v) is 4.86. The maximum Gasteiger partial charge on any atom is 0.262 e. The molecule has 2 aromatic carbocycles. The Balaban J connectivity index is 2.38. The van der Waals surface area contributed by atoms with E-state index in [1.165, 1.54) is 6.07 Å². The van der Waals surface area contributed by atoms with Gasteiger partial charge < -0.3 is 5.73 Å². The van der Waals surface area contributed by atoms with Crippen molar-refractivity contribution in [2.75, 3.05) is 10.5 Å². The van der Waals surface area contributed by atoms with Crippen LogP contribution in [0.3, 0.4) is 0 Å². The molecule has 0 aliphatic heterocycles. The van der Waals surface area contributed by atoms with Gasteiger partial charge >= 0.3 is 0 Å². The number of aryl methyl sites for hydroxylation is 2. The van der Waals surface area contributed by atoms with Gasteiger partial charge in [-0.3, -0.25) is 4.72 Å². The Kier molecular flexibility index (Phi) is 3.92. The molecule has 0 saturated carbocycles. The minimum absolute atomic E-state index is 0.198. The summed E-state index contributed by atoms with van der Waals surface area (Å²) >= 11 is 5.99. The van der Waals surface area contributed by atoms with Gasteiger partial charge in [0.1, 0.15) is 0 Å². The summed E-state index contributed by atoms with van der Waals surface area (Å²) < 4.78 is 27.2. The summed E-state index contributed by atoms with van der Waals surface area (Å²) in [5, 5.41) is 0.513. The number of anilines is 2. The van der Waals surface area contributed by atoms with E-state index < -0.39 is 10.0 Å². The lowest BCUT2D eigenvalue weighted by molar-refractivity contribution is 0.600. The summed E-state index contributed by atoms with van der Waals surface area (Å²) in [6, 6.07) is 9.69. The normalized spacial score (nSPS) is 11.3. The first kappa shape index (κ1) is 14.7. The molecule has 0 aliphatic carbocycles. The van der Waals surface area contributed by atoms with Gasteiger partial charge in [0.15, 0.2) is 0 Å². The molecule has 4 nitrogen and oxygen atoms in total. The Hall–Kier alpha value is -1.72. The van der Waals surface area contributed by atoms with Crippen LogP contribution in [0.1, 0.15) is 11.1 Å². The Morgan fingerprint density at radius 3 is 2.35 bits per heavy atom. The Morgan fingerprint density at radius 1 is 1.05 bits per heavy atom. The highest BCUT2D eigenvalue weighted by Gasteiger charge is 2.17. The Labute approximate surface area is 123 Å². The van der Waals surface area contributed by atoms with Crippen LogP contribution in [-0.4, -0.2) is 8.42 Å². The smallest absolute Gasteiger partial charge is 0.262 e. The predicted octanol–water partition coefficient (Wildman–Crippen LogP) is 3.34.